The first-order chi connectivity index (χ1) is 10.5. The van der Waals surface area contributed by atoms with Crippen molar-refractivity contribution in [3.63, 3.8) is 0 Å². The first kappa shape index (κ1) is 16.2. The van der Waals surface area contributed by atoms with Gasteiger partial charge in [-0.1, -0.05) is 18.2 Å². The molecule has 6 heteroatoms. The molecule has 22 heavy (non-hydrogen) atoms. The highest BCUT2D eigenvalue weighted by Gasteiger charge is 2.11. The van der Waals surface area contributed by atoms with Gasteiger partial charge in [0.25, 0.3) is 0 Å². The first-order valence-electron chi connectivity index (χ1n) is 6.66. The van der Waals surface area contributed by atoms with Crippen LogP contribution in [0.3, 0.4) is 0 Å². The molecule has 0 aromatic heterocycles. The number of nitrogens with one attached hydrogen (secondary N) is 2. The fourth-order valence-corrected chi connectivity index (χ4v) is 2.24. The van der Waals surface area contributed by atoms with Gasteiger partial charge in [0.05, 0.1) is 18.8 Å². The molecule has 0 aliphatic rings. The van der Waals surface area contributed by atoms with Crippen molar-refractivity contribution in [2.24, 2.45) is 0 Å². The summed E-state index contributed by atoms with van der Waals surface area (Å²) in [6.07, 6.45) is 0. The Balaban J connectivity index is 2.02. The molecule has 0 spiro atoms. The lowest BCUT2D eigenvalue weighted by Gasteiger charge is -2.18. The molecule has 0 heterocycles. The number of benzene rings is 2. The van der Waals surface area contributed by atoms with Gasteiger partial charge >= 0.3 is 0 Å². The van der Waals surface area contributed by atoms with Gasteiger partial charge in [0, 0.05) is 0 Å². The number of methoxy groups -OCH3 is 1. The number of rotatable bonds is 4. The van der Waals surface area contributed by atoms with Crippen LogP contribution in [0.2, 0.25) is 0 Å². The molecular formula is C16H16F2N2OS. The number of ether oxygens (including phenoxy) is 1. The molecule has 2 aromatic rings. The van der Waals surface area contributed by atoms with Gasteiger partial charge in [0.1, 0.15) is 5.82 Å². The lowest BCUT2D eigenvalue weighted by atomic mass is 10.1. The van der Waals surface area contributed by atoms with E-state index in [1.165, 1.54) is 19.2 Å². The van der Waals surface area contributed by atoms with Crippen molar-refractivity contribution in [3.05, 3.63) is 59.7 Å². The summed E-state index contributed by atoms with van der Waals surface area (Å²) in [5, 5.41) is 6.02. The fourth-order valence-electron chi connectivity index (χ4n) is 1.95. The second kappa shape index (κ2) is 7.17. The zero-order chi connectivity index (χ0) is 16.1. The molecule has 0 unspecified atom stereocenters. The number of thiocarbonyl (C=S) groups is 1. The van der Waals surface area contributed by atoms with Crippen LogP contribution in [0, 0.1) is 11.6 Å². The van der Waals surface area contributed by atoms with E-state index in [2.05, 4.69) is 10.6 Å². The van der Waals surface area contributed by atoms with Crippen molar-refractivity contribution >= 4 is 23.0 Å². The summed E-state index contributed by atoms with van der Waals surface area (Å²) in [7, 11) is 1.41. The Kier molecular flexibility index (Phi) is 5.27. The summed E-state index contributed by atoms with van der Waals surface area (Å²) in [4.78, 5) is 0. The van der Waals surface area contributed by atoms with Crippen molar-refractivity contribution in [1.29, 1.82) is 0 Å². The molecule has 1 atom stereocenters. The van der Waals surface area contributed by atoms with Gasteiger partial charge in [-0.3, -0.25) is 0 Å². The minimum absolute atomic E-state index is 0.183. The monoisotopic (exact) mass is 322 g/mol. The van der Waals surface area contributed by atoms with Gasteiger partial charge in [-0.15, -0.1) is 0 Å². The van der Waals surface area contributed by atoms with Crippen LogP contribution in [0.4, 0.5) is 14.5 Å². The molecule has 0 saturated heterocycles. The molecule has 0 saturated carbocycles. The SMILES string of the molecule is COc1ccc([C@H](C)NC(=S)Nc2ccccc2F)cc1F. The highest BCUT2D eigenvalue weighted by molar-refractivity contribution is 7.80. The quantitative estimate of drug-likeness (QED) is 0.833. The highest BCUT2D eigenvalue weighted by atomic mass is 32.1. The first-order valence-corrected chi connectivity index (χ1v) is 7.07. The van der Waals surface area contributed by atoms with Crippen LogP contribution in [0.5, 0.6) is 5.75 Å². The van der Waals surface area contributed by atoms with E-state index in [-0.39, 0.29) is 22.6 Å². The van der Waals surface area contributed by atoms with Gasteiger partial charge in [-0.25, -0.2) is 8.78 Å². The van der Waals surface area contributed by atoms with Crippen LogP contribution < -0.4 is 15.4 Å². The number of anilines is 1. The van der Waals surface area contributed by atoms with Gasteiger partial charge in [0.2, 0.25) is 0 Å². The summed E-state index contributed by atoms with van der Waals surface area (Å²) in [5.74, 6) is -0.653. The summed E-state index contributed by atoms with van der Waals surface area (Å²) in [6.45, 7) is 1.83. The maximum atomic E-state index is 13.7. The van der Waals surface area contributed by atoms with Crippen LogP contribution in [-0.4, -0.2) is 12.2 Å². The Morgan fingerprint density at radius 3 is 2.50 bits per heavy atom. The van der Waals surface area contributed by atoms with E-state index in [4.69, 9.17) is 17.0 Å². The van der Waals surface area contributed by atoms with E-state index in [1.807, 2.05) is 6.92 Å². The van der Waals surface area contributed by atoms with Gasteiger partial charge in [-0.2, -0.15) is 0 Å². The Hall–Kier alpha value is -2.21. The van der Waals surface area contributed by atoms with Gasteiger partial charge in [0.15, 0.2) is 16.7 Å². The smallest absolute Gasteiger partial charge is 0.171 e. The van der Waals surface area contributed by atoms with Gasteiger partial charge < -0.3 is 15.4 Å². The zero-order valence-corrected chi connectivity index (χ0v) is 13.0. The molecule has 116 valence electrons. The summed E-state index contributed by atoms with van der Waals surface area (Å²) < 4.78 is 32.1. The van der Waals surface area contributed by atoms with E-state index in [1.54, 1.807) is 30.3 Å². The van der Waals surface area contributed by atoms with E-state index in [0.29, 0.717) is 5.56 Å². The van der Waals surface area contributed by atoms with E-state index < -0.39 is 11.6 Å². The summed E-state index contributed by atoms with van der Waals surface area (Å²) >= 11 is 5.15. The van der Waals surface area contributed by atoms with Crippen LogP contribution >= 0.6 is 12.2 Å². The van der Waals surface area contributed by atoms with Crippen LogP contribution in [-0.2, 0) is 0 Å². The maximum absolute atomic E-state index is 13.7. The molecule has 2 aromatic carbocycles. The minimum Gasteiger partial charge on any atom is -0.494 e. The normalized spacial score (nSPS) is 11.6. The Morgan fingerprint density at radius 2 is 1.86 bits per heavy atom. The Morgan fingerprint density at radius 1 is 1.14 bits per heavy atom. The third-order valence-electron chi connectivity index (χ3n) is 3.15. The van der Waals surface area contributed by atoms with Crippen molar-refractivity contribution in [2.75, 3.05) is 12.4 Å². The third kappa shape index (κ3) is 3.92. The molecule has 0 aliphatic heterocycles. The Labute approximate surface area is 133 Å². The Bertz CT molecular complexity index is 679. The maximum Gasteiger partial charge on any atom is 0.171 e. The molecule has 2 N–H and O–H groups in total. The molecule has 0 fully saturated rings. The van der Waals surface area contributed by atoms with Crippen LogP contribution in [0.1, 0.15) is 18.5 Å². The van der Waals surface area contributed by atoms with Crippen molar-refractivity contribution < 1.29 is 13.5 Å². The number of para-hydroxylation sites is 1. The molecule has 0 radical (unpaired) electrons. The molecule has 3 nitrogen and oxygen atoms in total. The second-order valence-electron chi connectivity index (χ2n) is 4.69. The van der Waals surface area contributed by atoms with Crippen LogP contribution in [0.15, 0.2) is 42.5 Å². The highest BCUT2D eigenvalue weighted by Crippen LogP contribution is 2.22. The van der Waals surface area contributed by atoms with Crippen molar-refractivity contribution in [1.82, 2.24) is 5.32 Å². The van der Waals surface area contributed by atoms with E-state index in [9.17, 15) is 8.78 Å². The van der Waals surface area contributed by atoms with Crippen LogP contribution in [0.25, 0.3) is 0 Å². The largest absolute Gasteiger partial charge is 0.494 e. The lowest BCUT2D eigenvalue weighted by molar-refractivity contribution is 0.386. The minimum atomic E-state index is -0.443. The number of halogens is 2. The predicted octanol–water partition coefficient (Wildman–Crippen LogP) is 4.02. The molecular weight excluding hydrogens is 306 g/mol. The van der Waals surface area contributed by atoms with Crippen molar-refractivity contribution in [3.8, 4) is 5.75 Å². The molecule has 2 rings (SSSR count). The van der Waals surface area contributed by atoms with Gasteiger partial charge in [-0.05, 0) is 49.0 Å². The van der Waals surface area contributed by atoms with E-state index in [0.717, 1.165) is 0 Å². The van der Waals surface area contributed by atoms with E-state index >= 15 is 0 Å². The number of hydrogen-bond acceptors (Lipinski definition) is 2. The molecule has 0 bridgehead atoms. The van der Waals surface area contributed by atoms with Crippen molar-refractivity contribution in [2.45, 2.75) is 13.0 Å². The standard InChI is InChI=1S/C16H16F2N2OS/c1-10(11-7-8-15(21-2)13(18)9-11)19-16(22)20-14-6-4-3-5-12(14)17/h3-10H,1-2H3,(H2,19,20,22)/t10-/m0/s1. The zero-order valence-electron chi connectivity index (χ0n) is 12.2. The molecule has 0 aliphatic carbocycles. The molecule has 0 amide bonds. The number of hydrogen-bond donors (Lipinski definition) is 2. The summed E-state index contributed by atoms with van der Waals surface area (Å²) in [5.41, 5.74) is 0.990. The average molecular weight is 322 g/mol. The summed E-state index contributed by atoms with van der Waals surface area (Å²) in [6, 6.07) is 10.7. The topological polar surface area (TPSA) is 33.3 Å². The third-order valence-corrected chi connectivity index (χ3v) is 3.37. The second-order valence-corrected chi connectivity index (χ2v) is 5.10. The average Bonchev–Trinajstić information content (AvgIpc) is 2.49. The predicted molar refractivity (Wildman–Crippen MR) is 87.1 cm³/mol. The lowest BCUT2D eigenvalue weighted by Crippen LogP contribution is -2.31. The fraction of sp³-hybridized carbons (Fsp3) is 0.188.